The second kappa shape index (κ2) is 4.37. The summed E-state index contributed by atoms with van der Waals surface area (Å²) >= 11 is 0. The van der Waals surface area contributed by atoms with E-state index in [4.69, 9.17) is 0 Å². The Morgan fingerprint density at radius 2 is 1.83 bits per heavy atom. The van der Waals surface area contributed by atoms with Gasteiger partial charge in [-0.1, -0.05) is 30.3 Å². The number of hydrogen-bond acceptors (Lipinski definition) is 1. The molecule has 0 aromatic heterocycles. The normalized spacial score (nSPS) is 18.5. The van der Waals surface area contributed by atoms with Crippen molar-refractivity contribution in [3.8, 4) is 0 Å². The van der Waals surface area contributed by atoms with Gasteiger partial charge in [0.1, 0.15) is 5.82 Å². The number of carbonyl (C=O) groups is 1. The summed E-state index contributed by atoms with van der Waals surface area (Å²) in [6, 6.07) is 14.3. The van der Waals surface area contributed by atoms with Crippen molar-refractivity contribution in [2.45, 2.75) is 18.8 Å². The summed E-state index contributed by atoms with van der Waals surface area (Å²) in [5, 5.41) is 0. The average molecular weight is 240 g/mol. The number of hydrogen-bond donors (Lipinski definition) is 0. The van der Waals surface area contributed by atoms with Crippen molar-refractivity contribution in [2.75, 3.05) is 0 Å². The van der Waals surface area contributed by atoms with E-state index in [9.17, 15) is 9.18 Å². The minimum absolute atomic E-state index is 0.0795. The Bertz CT molecular complexity index is 589. The zero-order valence-electron chi connectivity index (χ0n) is 9.90. The first-order valence-corrected chi connectivity index (χ1v) is 6.13. The summed E-state index contributed by atoms with van der Waals surface area (Å²) in [7, 11) is 0. The first kappa shape index (κ1) is 11.1. The predicted molar refractivity (Wildman–Crippen MR) is 68.2 cm³/mol. The van der Waals surface area contributed by atoms with Gasteiger partial charge in [-0.2, -0.15) is 0 Å². The largest absolute Gasteiger partial charge is 0.293 e. The molecule has 0 spiro atoms. The highest BCUT2D eigenvalue weighted by Crippen LogP contribution is 2.32. The van der Waals surface area contributed by atoms with Crippen molar-refractivity contribution in [1.29, 1.82) is 0 Å². The van der Waals surface area contributed by atoms with Crippen LogP contribution in [0.15, 0.2) is 48.5 Å². The van der Waals surface area contributed by atoms with Gasteiger partial charge in [0, 0.05) is 11.5 Å². The fourth-order valence-electron chi connectivity index (χ4n) is 2.63. The van der Waals surface area contributed by atoms with Crippen LogP contribution in [0.1, 0.15) is 33.8 Å². The van der Waals surface area contributed by atoms with E-state index in [-0.39, 0.29) is 17.5 Å². The summed E-state index contributed by atoms with van der Waals surface area (Å²) in [5.74, 6) is -0.230. The molecule has 0 fully saturated rings. The van der Waals surface area contributed by atoms with Crippen LogP contribution in [0.25, 0.3) is 0 Å². The molecule has 0 heterocycles. The lowest BCUT2D eigenvalue weighted by Crippen LogP contribution is -2.21. The van der Waals surface area contributed by atoms with Crippen LogP contribution in [0.5, 0.6) is 0 Å². The molecule has 0 radical (unpaired) electrons. The number of aryl methyl sites for hydroxylation is 1. The molecule has 2 aromatic rings. The Kier molecular flexibility index (Phi) is 2.71. The lowest BCUT2D eigenvalue weighted by atomic mass is 9.79. The summed E-state index contributed by atoms with van der Waals surface area (Å²) in [4.78, 5) is 12.4. The fraction of sp³-hybridized carbons (Fsp3) is 0.188. The smallest absolute Gasteiger partial charge is 0.170 e. The highest BCUT2D eigenvalue weighted by atomic mass is 19.1. The molecule has 1 nitrogen and oxygen atoms in total. The summed E-state index contributed by atoms with van der Waals surface area (Å²) < 4.78 is 13.1. The first-order chi connectivity index (χ1) is 8.75. The summed E-state index contributed by atoms with van der Waals surface area (Å²) in [5.41, 5.74) is 2.57. The standard InChI is InChI=1S/C16H13FO/c17-13-7-9-15-12(10-13)6-8-14(16(15)18)11-4-2-1-3-5-11/h1-5,7,9-10,14H,6,8H2/t14-/m0/s1. The van der Waals surface area contributed by atoms with Crippen LogP contribution in [-0.2, 0) is 6.42 Å². The molecule has 18 heavy (non-hydrogen) atoms. The molecular formula is C16H13FO. The molecule has 1 aliphatic rings. The number of carbonyl (C=O) groups excluding carboxylic acids is 1. The maximum atomic E-state index is 13.1. The Morgan fingerprint density at radius 3 is 2.61 bits per heavy atom. The van der Waals surface area contributed by atoms with Gasteiger partial charge < -0.3 is 0 Å². The van der Waals surface area contributed by atoms with Crippen LogP contribution in [0.2, 0.25) is 0 Å². The average Bonchev–Trinajstić information content (AvgIpc) is 2.40. The predicted octanol–water partition coefficient (Wildman–Crippen LogP) is 3.74. The molecule has 0 unspecified atom stereocenters. The minimum atomic E-state index is -0.264. The summed E-state index contributed by atoms with van der Waals surface area (Å²) in [6.07, 6.45) is 1.53. The van der Waals surface area contributed by atoms with E-state index in [0.717, 1.165) is 24.0 Å². The van der Waals surface area contributed by atoms with E-state index in [1.807, 2.05) is 30.3 Å². The van der Waals surface area contributed by atoms with Gasteiger partial charge in [0.2, 0.25) is 0 Å². The van der Waals surface area contributed by atoms with E-state index < -0.39 is 0 Å². The minimum Gasteiger partial charge on any atom is -0.293 e. The maximum Gasteiger partial charge on any atom is 0.170 e. The third kappa shape index (κ3) is 1.84. The van der Waals surface area contributed by atoms with Crippen LogP contribution in [0, 0.1) is 5.82 Å². The zero-order valence-corrected chi connectivity index (χ0v) is 9.90. The van der Waals surface area contributed by atoms with E-state index in [1.165, 1.54) is 12.1 Å². The second-order valence-electron chi connectivity index (χ2n) is 4.67. The second-order valence-corrected chi connectivity index (χ2v) is 4.67. The molecule has 1 aliphatic carbocycles. The maximum absolute atomic E-state index is 13.1. The van der Waals surface area contributed by atoms with Crippen LogP contribution < -0.4 is 0 Å². The van der Waals surface area contributed by atoms with Crippen molar-refractivity contribution < 1.29 is 9.18 Å². The Balaban J connectivity index is 2.00. The van der Waals surface area contributed by atoms with Crippen LogP contribution in [0.4, 0.5) is 4.39 Å². The van der Waals surface area contributed by atoms with Gasteiger partial charge in [0.25, 0.3) is 0 Å². The molecule has 1 atom stereocenters. The molecule has 0 amide bonds. The molecule has 0 saturated carbocycles. The molecule has 0 aliphatic heterocycles. The number of fused-ring (bicyclic) bond motifs is 1. The van der Waals surface area contributed by atoms with Crippen molar-refractivity contribution in [2.24, 2.45) is 0 Å². The van der Waals surface area contributed by atoms with Gasteiger partial charge in [-0.05, 0) is 42.2 Å². The van der Waals surface area contributed by atoms with Crippen molar-refractivity contribution in [3.63, 3.8) is 0 Å². The molecular weight excluding hydrogens is 227 g/mol. The lowest BCUT2D eigenvalue weighted by molar-refractivity contribution is 0.0946. The number of Topliss-reactive ketones (excluding diaryl/α,β-unsaturated/α-hetero) is 1. The molecule has 0 saturated heterocycles. The van der Waals surface area contributed by atoms with Gasteiger partial charge in [-0.15, -0.1) is 0 Å². The number of rotatable bonds is 1. The Hall–Kier alpha value is -1.96. The van der Waals surface area contributed by atoms with Crippen LogP contribution >= 0.6 is 0 Å². The number of halogens is 1. The molecule has 0 N–H and O–H groups in total. The van der Waals surface area contributed by atoms with Gasteiger partial charge in [-0.3, -0.25) is 4.79 Å². The SMILES string of the molecule is O=C1c2ccc(F)cc2CC[C@H]1c1ccccc1. The highest BCUT2D eigenvalue weighted by molar-refractivity contribution is 6.03. The molecule has 3 rings (SSSR count). The Morgan fingerprint density at radius 1 is 1.06 bits per heavy atom. The molecule has 2 aromatic carbocycles. The van der Waals surface area contributed by atoms with E-state index in [1.54, 1.807) is 6.07 Å². The Labute approximate surface area is 105 Å². The lowest BCUT2D eigenvalue weighted by Gasteiger charge is -2.23. The zero-order chi connectivity index (χ0) is 12.5. The quantitative estimate of drug-likeness (QED) is 0.742. The highest BCUT2D eigenvalue weighted by Gasteiger charge is 2.28. The van der Waals surface area contributed by atoms with E-state index >= 15 is 0 Å². The van der Waals surface area contributed by atoms with Gasteiger partial charge in [0.05, 0.1) is 0 Å². The van der Waals surface area contributed by atoms with E-state index in [2.05, 4.69) is 0 Å². The molecule has 2 heteroatoms. The van der Waals surface area contributed by atoms with Crippen LogP contribution in [0.3, 0.4) is 0 Å². The van der Waals surface area contributed by atoms with Crippen molar-refractivity contribution in [3.05, 3.63) is 71.0 Å². The van der Waals surface area contributed by atoms with Gasteiger partial charge in [0.15, 0.2) is 5.78 Å². The third-order valence-corrected chi connectivity index (χ3v) is 3.55. The third-order valence-electron chi connectivity index (χ3n) is 3.55. The topological polar surface area (TPSA) is 17.1 Å². The monoisotopic (exact) mass is 240 g/mol. The first-order valence-electron chi connectivity index (χ1n) is 6.13. The fourth-order valence-corrected chi connectivity index (χ4v) is 2.63. The van der Waals surface area contributed by atoms with Gasteiger partial charge in [-0.25, -0.2) is 4.39 Å². The van der Waals surface area contributed by atoms with Crippen molar-refractivity contribution in [1.82, 2.24) is 0 Å². The summed E-state index contributed by atoms with van der Waals surface area (Å²) in [6.45, 7) is 0. The van der Waals surface area contributed by atoms with Gasteiger partial charge >= 0.3 is 0 Å². The molecule has 90 valence electrons. The number of ketones is 1. The van der Waals surface area contributed by atoms with E-state index in [0.29, 0.717) is 5.56 Å². The number of benzene rings is 2. The van der Waals surface area contributed by atoms with Crippen LogP contribution in [-0.4, -0.2) is 5.78 Å². The van der Waals surface area contributed by atoms with Crippen molar-refractivity contribution >= 4 is 5.78 Å². The molecule has 0 bridgehead atoms.